The summed E-state index contributed by atoms with van der Waals surface area (Å²) in [6.45, 7) is 6.52. The SMILES string of the molecule is CC(C)(C)C1C(NS(=O)(=O)c2sc(Cl)cc2N)CCCN1C(=O)O.NC(=O)Nc1cc(Cl)sc1S(=O)(=O)N[C@H]1CCCN(C(=O)O)C1. The number of nitrogens with zero attached hydrogens (tertiary/aromatic N) is 2. The number of anilines is 2. The molecular formula is C25H37Cl2N7O9S4. The lowest BCUT2D eigenvalue weighted by Crippen LogP contribution is -2.61. The van der Waals surface area contributed by atoms with Gasteiger partial charge >= 0.3 is 18.2 Å². The lowest BCUT2D eigenvalue weighted by atomic mass is 9.78. The van der Waals surface area contributed by atoms with Gasteiger partial charge in [-0.1, -0.05) is 44.0 Å². The Hall–Kier alpha value is -2.59. The van der Waals surface area contributed by atoms with Gasteiger partial charge in [-0.2, -0.15) is 0 Å². The third-order valence-electron chi connectivity index (χ3n) is 7.19. The number of likely N-dealkylation sites (tertiary alicyclic amines) is 2. The number of carboxylic acid groups (broad SMARTS) is 2. The number of piperidine rings is 2. The number of nitrogens with one attached hydrogen (secondary N) is 3. The summed E-state index contributed by atoms with van der Waals surface area (Å²) in [4.78, 5) is 36.0. The van der Waals surface area contributed by atoms with E-state index in [1.807, 2.05) is 20.8 Å². The van der Waals surface area contributed by atoms with Crippen molar-refractivity contribution in [3.8, 4) is 0 Å². The summed E-state index contributed by atoms with van der Waals surface area (Å²) < 4.78 is 55.7. The molecule has 9 N–H and O–H groups in total. The number of nitrogen functional groups attached to an aromatic ring is 1. The normalized spacial score (nSPS) is 20.7. The summed E-state index contributed by atoms with van der Waals surface area (Å²) in [5.41, 5.74) is 10.4. The number of primary amides is 1. The molecule has 2 saturated heterocycles. The maximum absolute atomic E-state index is 12.7. The molecule has 264 valence electrons. The molecule has 2 unspecified atom stereocenters. The molecule has 2 fully saturated rings. The number of hydrogen-bond donors (Lipinski definition) is 7. The number of sulfonamides is 2. The number of hydrogen-bond acceptors (Lipinski definition) is 10. The minimum absolute atomic E-state index is 0.00843. The van der Waals surface area contributed by atoms with Crippen LogP contribution in [0.3, 0.4) is 0 Å². The van der Waals surface area contributed by atoms with Crippen LogP contribution in [0.15, 0.2) is 20.6 Å². The molecule has 0 aliphatic carbocycles. The summed E-state index contributed by atoms with van der Waals surface area (Å²) in [6, 6.07) is 0.218. The molecule has 16 nitrogen and oxygen atoms in total. The van der Waals surface area contributed by atoms with E-state index < -0.39 is 61.8 Å². The number of amides is 4. The van der Waals surface area contributed by atoms with Crippen molar-refractivity contribution < 1.29 is 41.4 Å². The van der Waals surface area contributed by atoms with Gasteiger partial charge in [-0.05, 0) is 43.2 Å². The van der Waals surface area contributed by atoms with Crippen LogP contribution in [-0.2, 0) is 20.0 Å². The Bertz CT molecular complexity index is 1690. The quantitative estimate of drug-likeness (QED) is 0.212. The average Bonchev–Trinajstić information content (AvgIpc) is 3.48. The fourth-order valence-corrected chi connectivity index (χ4v) is 11.6. The van der Waals surface area contributed by atoms with Crippen molar-refractivity contribution in [2.45, 2.75) is 73.0 Å². The Morgan fingerprint density at radius 3 is 2.02 bits per heavy atom. The molecule has 22 heteroatoms. The van der Waals surface area contributed by atoms with Crippen LogP contribution in [0.2, 0.25) is 8.67 Å². The topological polar surface area (TPSA) is 255 Å². The van der Waals surface area contributed by atoms with Gasteiger partial charge in [0, 0.05) is 31.7 Å². The second-order valence-electron chi connectivity index (χ2n) is 11.9. The predicted molar refractivity (Wildman–Crippen MR) is 181 cm³/mol. The van der Waals surface area contributed by atoms with Crippen molar-refractivity contribution in [2.75, 3.05) is 30.7 Å². The van der Waals surface area contributed by atoms with E-state index in [4.69, 9.17) is 39.8 Å². The zero-order chi connectivity index (χ0) is 35.5. The fraction of sp³-hybridized carbons (Fsp3) is 0.560. The monoisotopic (exact) mass is 777 g/mol. The number of urea groups is 1. The second kappa shape index (κ2) is 15.3. The summed E-state index contributed by atoms with van der Waals surface area (Å²) in [5, 5.41) is 20.7. The minimum atomic E-state index is -3.97. The Kier molecular flexibility index (Phi) is 12.7. The zero-order valence-corrected chi connectivity index (χ0v) is 30.3. The van der Waals surface area contributed by atoms with Gasteiger partial charge in [-0.3, -0.25) is 0 Å². The van der Waals surface area contributed by atoms with Gasteiger partial charge in [-0.25, -0.2) is 40.7 Å². The lowest BCUT2D eigenvalue weighted by Gasteiger charge is -2.46. The van der Waals surface area contributed by atoms with E-state index in [0.29, 0.717) is 38.8 Å². The molecule has 2 aromatic rings. The van der Waals surface area contributed by atoms with E-state index in [1.165, 1.54) is 17.0 Å². The zero-order valence-electron chi connectivity index (χ0n) is 25.5. The van der Waals surface area contributed by atoms with Crippen molar-refractivity contribution in [1.29, 1.82) is 0 Å². The number of halogens is 2. The maximum Gasteiger partial charge on any atom is 0.407 e. The van der Waals surface area contributed by atoms with E-state index in [-0.39, 0.29) is 35.0 Å². The highest BCUT2D eigenvalue weighted by atomic mass is 35.5. The first-order valence-corrected chi connectivity index (χ1v) is 19.4. The summed E-state index contributed by atoms with van der Waals surface area (Å²) >= 11 is 13.3. The molecule has 0 radical (unpaired) electrons. The number of thiophene rings is 2. The van der Waals surface area contributed by atoms with Gasteiger partial charge in [0.15, 0.2) is 8.42 Å². The van der Waals surface area contributed by atoms with Crippen molar-refractivity contribution in [3.63, 3.8) is 0 Å². The summed E-state index contributed by atoms with van der Waals surface area (Å²) in [5.74, 6) is 0. The van der Waals surface area contributed by atoms with Crippen molar-refractivity contribution in [2.24, 2.45) is 11.1 Å². The molecule has 4 heterocycles. The standard InChI is InChI=1S/C14H22ClN3O4S2.C11H15ClN4O5S2/c1-14(2,3)11-9(5-4-6-18(11)13(19)20)17-24(21,22)12-8(16)7-10(15)23-12;12-8-4-7(14-10(13)17)9(22-8)23(20,21)15-6-2-1-3-16(5-6)11(18)19/h7,9,11,17H,4-6,16H2,1-3H3,(H,19,20);4,6,15H,1-3,5H2,(H,18,19)(H3,13,14,17)/t;6-/m.0/s1. The van der Waals surface area contributed by atoms with E-state index in [1.54, 1.807) is 0 Å². The largest absolute Gasteiger partial charge is 0.465 e. The Morgan fingerprint density at radius 1 is 0.915 bits per heavy atom. The van der Waals surface area contributed by atoms with Gasteiger partial charge in [0.1, 0.15) is 0 Å². The van der Waals surface area contributed by atoms with Crippen LogP contribution in [0, 0.1) is 5.41 Å². The van der Waals surface area contributed by atoms with Crippen LogP contribution in [0.1, 0.15) is 46.5 Å². The highest BCUT2D eigenvalue weighted by Crippen LogP contribution is 2.37. The van der Waals surface area contributed by atoms with Gasteiger partial charge in [0.05, 0.1) is 26.1 Å². The molecule has 0 saturated carbocycles. The van der Waals surface area contributed by atoms with Gasteiger partial charge in [0.25, 0.3) is 20.0 Å². The van der Waals surface area contributed by atoms with Crippen LogP contribution in [0.5, 0.6) is 0 Å². The fourth-order valence-electron chi connectivity index (χ4n) is 5.51. The van der Waals surface area contributed by atoms with Gasteiger partial charge in [-0.15, -0.1) is 22.7 Å². The van der Waals surface area contributed by atoms with Crippen molar-refractivity contribution >= 4 is 95.5 Å². The predicted octanol–water partition coefficient (Wildman–Crippen LogP) is 4.13. The number of nitrogens with two attached hydrogens (primary N) is 2. The number of rotatable bonds is 7. The number of carbonyl (C=O) groups is 3. The van der Waals surface area contributed by atoms with Crippen LogP contribution >= 0.6 is 45.9 Å². The van der Waals surface area contributed by atoms with Crippen molar-refractivity contribution in [1.82, 2.24) is 19.2 Å². The van der Waals surface area contributed by atoms with E-state index in [9.17, 15) is 36.3 Å². The summed E-state index contributed by atoms with van der Waals surface area (Å²) in [7, 11) is -7.84. The van der Waals surface area contributed by atoms with Gasteiger partial charge in [0.2, 0.25) is 0 Å². The Labute approximate surface area is 290 Å². The molecule has 4 rings (SSSR count). The highest BCUT2D eigenvalue weighted by Gasteiger charge is 2.43. The van der Waals surface area contributed by atoms with Crippen molar-refractivity contribution in [3.05, 3.63) is 20.8 Å². The number of carbonyl (C=O) groups excluding carboxylic acids is 1. The minimum Gasteiger partial charge on any atom is -0.465 e. The average molecular weight is 779 g/mol. The van der Waals surface area contributed by atoms with E-state index in [0.717, 1.165) is 27.6 Å². The third-order valence-corrected chi connectivity index (χ3v) is 13.8. The molecular weight excluding hydrogens is 741 g/mol. The van der Waals surface area contributed by atoms with E-state index >= 15 is 0 Å². The first-order chi connectivity index (χ1) is 21.6. The third kappa shape index (κ3) is 10.2. The first kappa shape index (κ1) is 38.9. The Balaban J connectivity index is 0.000000256. The first-order valence-electron chi connectivity index (χ1n) is 14.0. The maximum atomic E-state index is 12.7. The van der Waals surface area contributed by atoms with Crippen LogP contribution in [0.25, 0.3) is 0 Å². The molecule has 2 aliphatic rings. The van der Waals surface area contributed by atoms with Crippen LogP contribution < -0.4 is 26.2 Å². The molecule has 0 aromatic carbocycles. The molecule has 3 atom stereocenters. The summed E-state index contributed by atoms with van der Waals surface area (Å²) in [6.07, 6.45) is 0.0794. The Morgan fingerprint density at radius 2 is 1.49 bits per heavy atom. The molecule has 0 bridgehead atoms. The molecule has 47 heavy (non-hydrogen) atoms. The molecule has 2 aromatic heterocycles. The molecule has 2 aliphatic heterocycles. The van der Waals surface area contributed by atoms with Crippen LogP contribution in [-0.4, -0.2) is 92.8 Å². The molecule has 0 spiro atoms. The smallest absolute Gasteiger partial charge is 0.407 e. The highest BCUT2D eigenvalue weighted by molar-refractivity contribution is 7.92. The van der Waals surface area contributed by atoms with Crippen LogP contribution in [0.4, 0.5) is 25.8 Å². The second-order valence-corrected chi connectivity index (χ2v) is 19.1. The van der Waals surface area contributed by atoms with Gasteiger partial charge < -0.3 is 36.8 Å². The van der Waals surface area contributed by atoms with E-state index in [2.05, 4.69) is 14.8 Å². The molecule has 4 amide bonds. The lowest BCUT2D eigenvalue weighted by molar-refractivity contribution is 0.0434.